The van der Waals surface area contributed by atoms with Gasteiger partial charge in [-0.25, -0.2) is 0 Å². The van der Waals surface area contributed by atoms with Crippen LogP contribution in [0.1, 0.15) is 20.8 Å². The molecule has 74 valence electrons. The third-order valence-electron chi connectivity index (χ3n) is 1.50. The van der Waals surface area contributed by atoms with Gasteiger partial charge in [0.25, 0.3) is 0 Å². The molecule has 5 heteroatoms. The number of rotatable bonds is 2. The molecule has 0 unspecified atom stereocenters. The molecule has 0 aromatic rings. The second-order valence-electron chi connectivity index (χ2n) is 3.44. The Balaban J connectivity index is 2.63. The molecule has 1 rings (SSSR count). The van der Waals surface area contributed by atoms with Crippen molar-refractivity contribution in [2.24, 2.45) is 10.1 Å². The summed E-state index contributed by atoms with van der Waals surface area (Å²) in [5, 5.41) is 11.6. The SMILES string of the molecule is CC(C)N=C1SC[C@](C)(/C=N\O)S1. The van der Waals surface area contributed by atoms with Crippen molar-refractivity contribution in [2.75, 3.05) is 5.75 Å². The minimum absolute atomic E-state index is 0.0901. The summed E-state index contributed by atoms with van der Waals surface area (Å²) in [5.74, 6) is 0.924. The topological polar surface area (TPSA) is 45.0 Å². The summed E-state index contributed by atoms with van der Waals surface area (Å²) in [4.78, 5) is 4.45. The van der Waals surface area contributed by atoms with Gasteiger partial charge in [0.15, 0.2) is 0 Å². The van der Waals surface area contributed by atoms with E-state index < -0.39 is 0 Å². The first kappa shape index (κ1) is 10.9. The van der Waals surface area contributed by atoms with E-state index in [2.05, 4.69) is 24.0 Å². The zero-order valence-corrected chi connectivity index (χ0v) is 9.65. The predicted molar refractivity (Wildman–Crippen MR) is 61.3 cm³/mol. The van der Waals surface area contributed by atoms with Gasteiger partial charge in [-0.15, -0.1) is 5.16 Å². The summed E-state index contributed by atoms with van der Waals surface area (Å²) in [6.45, 7) is 6.17. The quantitative estimate of drug-likeness (QED) is 0.440. The maximum Gasteiger partial charge on any atom is 0.125 e. The molecule has 1 atom stereocenters. The number of aliphatic imine (C=N–C) groups is 1. The van der Waals surface area contributed by atoms with Crippen LogP contribution in [0.15, 0.2) is 10.1 Å². The van der Waals surface area contributed by atoms with E-state index in [1.165, 1.54) is 0 Å². The molecule has 1 fully saturated rings. The highest BCUT2D eigenvalue weighted by atomic mass is 32.2. The van der Waals surface area contributed by atoms with Crippen molar-refractivity contribution in [3.05, 3.63) is 0 Å². The van der Waals surface area contributed by atoms with Crippen molar-refractivity contribution in [2.45, 2.75) is 31.6 Å². The van der Waals surface area contributed by atoms with E-state index in [0.29, 0.717) is 6.04 Å². The van der Waals surface area contributed by atoms with Crippen molar-refractivity contribution in [1.29, 1.82) is 0 Å². The fourth-order valence-electron chi connectivity index (χ4n) is 0.924. The monoisotopic (exact) mass is 218 g/mol. The number of hydrogen-bond acceptors (Lipinski definition) is 5. The molecular formula is C8H14N2OS2. The predicted octanol–water partition coefficient (Wildman–Crippen LogP) is 2.45. The maximum absolute atomic E-state index is 8.47. The fraction of sp³-hybridized carbons (Fsp3) is 0.750. The van der Waals surface area contributed by atoms with Gasteiger partial charge in [0.05, 0.1) is 11.0 Å². The van der Waals surface area contributed by atoms with Gasteiger partial charge in [-0.2, -0.15) is 0 Å². The van der Waals surface area contributed by atoms with Crippen molar-refractivity contribution in [3.63, 3.8) is 0 Å². The standard InChI is InChI=1S/C8H14N2OS2/c1-6(2)10-7-12-5-8(3,13-7)4-9-11/h4,6,11H,5H2,1-3H3/b9-4-,10-7?/t8-/m0/s1. The largest absolute Gasteiger partial charge is 0.411 e. The van der Waals surface area contributed by atoms with Gasteiger partial charge in [-0.1, -0.05) is 23.5 Å². The first-order valence-corrected chi connectivity index (χ1v) is 5.94. The van der Waals surface area contributed by atoms with E-state index in [1.54, 1.807) is 29.7 Å². The molecule has 0 radical (unpaired) electrons. The van der Waals surface area contributed by atoms with Gasteiger partial charge in [0, 0.05) is 11.8 Å². The van der Waals surface area contributed by atoms with Crippen LogP contribution in [0.4, 0.5) is 0 Å². The average molecular weight is 218 g/mol. The molecule has 13 heavy (non-hydrogen) atoms. The Morgan fingerprint density at radius 2 is 2.31 bits per heavy atom. The molecule has 0 aliphatic carbocycles. The lowest BCUT2D eigenvalue weighted by molar-refractivity contribution is 0.320. The molecule has 1 N–H and O–H groups in total. The Kier molecular flexibility index (Phi) is 3.67. The summed E-state index contributed by atoms with van der Waals surface area (Å²) < 4.78 is 1.00. The van der Waals surface area contributed by atoms with Crippen LogP contribution in [0.5, 0.6) is 0 Å². The number of oxime groups is 1. The third kappa shape index (κ3) is 3.23. The van der Waals surface area contributed by atoms with E-state index in [1.807, 2.05) is 6.92 Å². The van der Waals surface area contributed by atoms with Gasteiger partial charge >= 0.3 is 0 Å². The van der Waals surface area contributed by atoms with Crippen molar-refractivity contribution >= 4 is 34.1 Å². The first-order valence-electron chi connectivity index (χ1n) is 4.14. The van der Waals surface area contributed by atoms with Gasteiger partial charge < -0.3 is 5.21 Å². The highest BCUT2D eigenvalue weighted by Gasteiger charge is 2.33. The molecule has 1 saturated heterocycles. The molecule has 3 nitrogen and oxygen atoms in total. The van der Waals surface area contributed by atoms with Gasteiger partial charge in [-0.05, 0) is 20.8 Å². The van der Waals surface area contributed by atoms with Gasteiger partial charge in [0.1, 0.15) is 4.38 Å². The smallest absolute Gasteiger partial charge is 0.125 e. The first-order chi connectivity index (χ1) is 6.06. The molecule has 0 bridgehead atoms. The summed E-state index contributed by atoms with van der Waals surface area (Å²) >= 11 is 3.40. The Hall–Kier alpha value is -0.160. The van der Waals surface area contributed by atoms with Crippen molar-refractivity contribution < 1.29 is 5.21 Å². The molecule has 1 heterocycles. The molecule has 0 aromatic carbocycles. The molecule has 1 aliphatic heterocycles. The highest BCUT2D eigenvalue weighted by molar-refractivity contribution is 8.42. The number of hydrogen-bond donors (Lipinski definition) is 1. The Morgan fingerprint density at radius 1 is 1.62 bits per heavy atom. The van der Waals surface area contributed by atoms with Crippen LogP contribution >= 0.6 is 23.5 Å². The van der Waals surface area contributed by atoms with Gasteiger partial charge in [0.2, 0.25) is 0 Å². The molecule has 0 spiro atoms. The molecule has 0 amide bonds. The van der Waals surface area contributed by atoms with E-state index in [-0.39, 0.29) is 4.75 Å². The maximum atomic E-state index is 8.47. The van der Waals surface area contributed by atoms with E-state index in [4.69, 9.17) is 5.21 Å². The second-order valence-corrected chi connectivity index (χ2v) is 6.18. The van der Waals surface area contributed by atoms with Crippen LogP contribution in [-0.2, 0) is 0 Å². The van der Waals surface area contributed by atoms with Crippen molar-refractivity contribution in [3.8, 4) is 0 Å². The normalized spacial score (nSPS) is 32.5. The lowest BCUT2D eigenvalue weighted by Gasteiger charge is -2.12. The summed E-state index contributed by atoms with van der Waals surface area (Å²) in [6, 6.07) is 0.336. The zero-order chi connectivity index (χ0) is 9.90. The van der Waals surface area contributed by atoms with E-state index >= 15 is 0 Å². The molecular weight excluding hydrogens is 204 g/mol. The fourth-order valence-corrected chi connectivity index (χ4v) is 3.85. The molecule has 1 aliphatic rings. The van der Waals surface area contributed by atoms with Gasteiger partial charge in [-0.3, -0.25) is 4.99 Å². The Bertz CT molecular complexity index is 240. The zero-order valence-electron chi connectivity index (χ0n) is 8.02. The Labute approximate surface area is 87.1 Å². The van der Waals surface area contributed by atoms with Crippen LogP contribution in [0.25, 0.3) is 0 Å². The van der Waals surface area contributed by atoms with Crippen molar-refractivity contribution in [1.82, 2.24) is 0 Å². The van der Waals surface area contributed by atoms with Crippen LogP contribution in [0, 0.1) is 0 Å². The van der Waals surface area contributed by atoms with Crippen LogP contribution < -0.4 is 0 Å². The minimum atomic E-state index is -0.0901. The number of thioether (sulfide) groups is 2. The lowest BCUT2D eigenvalue weighted by Crippen LogP contribution is -2.21. The second kappa shape index (κ2) is 4.37. The minimum Gasteiger partial charge on any atom is -0.411 e. The number of nitrogens with zero attached hydrogens (tertiary/aromatic N) is 2. The van der Waals surface area contributed by atoms with E-state index in [9.17, 15) is 0 Å². The van der Waals surface area contributed by atoms with Crippen LogP contribution in [0.3, 0.4) is 0 Å². The molecule has 0 aromatic heterocycles. The Morgan fingerprint density at radius 3 is 2.85 bits per heavy atom. The summed E-state index contributed by atoms with van der Waals surface area (Å²) in [6.07, 6.45) is 1.58. The summed E-state index contributed by atoms with van der Waals surface area (Å²) in [5.41, 5.74) is 0. The lowest BCUT2D eigenvalue weighted by atomic mass is 10.2. The summed E-state index contributed by atoms with van der Waals surface area (Å²) in [7, 11) is 0. The molecule has 0 saturated carbocycles. The van der Waals surface area contributed by atoms with Crippen LogP contribution in [0.2, 0.25) is 0 Å². The third-order valence-corrected chi connectivity index (χ3v) is 4.38. The highest BCUT2D eigenvalue weighted by Crippen LogP contribution is 2.40. The average Bonchev–Trinajstić information content (AvgIpc) is 2.31. The van der Waals surface area contributed by atoms with E-state index in [0.717, 1.165) is 10.1 Å². The van der Waals surface area contributed by atoms with Crippen LogP contribution in [-0.4, -0.2) is 32.3 Å².